The van der Waals surface area contributed by atoms with Gasteiger partial charge in [-0.25, -0.2) is 9.18 Å². The van der Waals surface area contributed by atoms with Gasteiger partial charge in [-0.05, 0) is 165 Å². The number of nitrogens with one attached hydrogen (secondary N) is 2. The smallest absolute Gasteiger partial charge is 0.412 e. The summed E-state index contributed by atoms with van der Waals surface area (Å²) in [5.74, 6) is 0.914. The fraction of sp³-hybridized carbons (Fsp3) is 0.648. The van der Waals surface area contributed by atoms with Gasteiger partial charge in [0, 0.05) is 47.9 Å². The number of esters is 1. The van der Waals surface area contributed by atoms with Gasteiger partial charge in [-0.1, -0.05) is 13.8 Å². The lowest BCUT2D eigenvalue weighted by Crippen LogP contribution is -2.46. The molecule has 69 heavy (non-hydrogen) atoms. The number of aliphatic imine (C=N–C) groups is 1. The Morgan fingerprint density at radius 2 is 1.75 bits per heavy atom. The maximum absolute atomic E-state index is 16.0. The molecule has 7 aliphatic rings. The number of carbonyl (C=O) groups is 2. The van der Waals surface area contributed by atoms with Crippen LogP contribution in [0, 0.1) is 45.8 Å². The second-order valence-corrected chi connectivity index (χ2v) is 23.7. The molecule has 2 bridgehead atoms. The molecule has 3 saturated heterocycles. The van der Waals surface area contributed by atoms with Crippen LogP contribution < -0.4 is 10.6 Å². The van der Waals surface area contributed by atoms with Crippen molar-refractivity contribution in [3.8, 4) is 12.1 Å². The number of hydrogen-bond acceptors (Lipinski definition) is 13. The third-order valence-electron chi connectivity index (χ3n) is 15.3. The molecule has 1 saturated carbocycles. The van der Waals surface area contributed by atoms with Crippen molar-refractivity contribution in [1.29, 1.82) is 10.5 Å². The van der Waals surface area contributed by atoms with Crippen molar-refractivity contribution in [3.05, 3.63) is 67.5 Å². The van der Waals surface area contributed by atoms with E-state index >= 15 is 4.39 Å². The number of thiophene rings is 1. The number of hydrogen-bond donors (Lipinski definition) is 2. The van der Waals surface area contributed by atoms with Gasteiger partial charge in [0.15, 0.2) is 5.83 Å². The number of rotatable bonds is 9. The highest BCUT2D eigenvalue weighted by atomic mass is 32.1. The van der Waals surface area contributed by atoms with E-state index in [1.807, 2.05) is 20.8 Å². The first kappa shape index (κ1) is 49.0. The Bertz CT molecular complexity index is 2540. The molecule has 6 aliphatic heterocycles. The number of halogens is 1. The molecule has 9 rings (SSSR count). The van der Waals surface area contributed by atoms with E-state index in [2.05, 4.69) is 52.5 Å². The van der Waals surface area contributed by atoms with Crippen LogP contribution >= 0.6 is 11.3 Å². The Morgan fingerprint density at radius 1 is 1.01 bits per heavy atom. The third-order valence-corrected chi connectivity index (χ3v) is 16.4. The van der Waals surface area contributed by atoms with E-state index in [4.69, 9.17) is 23.9 Å². The summed E-state index contributed by atoms with van der Waals surface area (Å²) in [5, 5.41) is 26.8. The monoisotopic (exact) mass is 964 g/mol. The molecule has 1 amide bonds. The summed E-state index contributed by atoms with van der Waals surface area (Å²) in [4.78, 5) is 37.9. The normalized spacial score (nSPS) is 27.9. The average Bonchev–Trinajstić information content (AvgIpc) is 3.74. The predicted molar refractivity (Wildman–Crippen MR) is 264 cm³/mol. The first-order chi connectivity index (χ1) is 32.9. The fourth-order valence-corrected chi connectivity index (χ4v) is 13.1. The molecule has 15 heteroatoms. The van der Waals surface area contributed by atoms with Crippen LogP contribution in [0.3, 0.4) is 0 Å². The molecule has 13 nitrogen and oxygen atoms in total. The van der Waals surface area contributed by atoms with Crippen LogP contribution in [0.15, 0.2) is 23.2 Å². The van der Waals surface area contributed by atoms with Gasteiger partial charge < -0.3 is 34.1 Å². The lowest BCUT2D eigenvalue weighted by atomic mass is 9.78. The number of amides is 1. The molecule has 2 N–H and O–H groups in total. The number of carbonyl (C=O) groups excluding carboxylic acids is 2. The van der Waals surface area contributed by atoms with E-state index in [1.165, 1.54) is 11.8 Å². The summed E-state index contributed by atoms with van der Waals surface area (Å²) in [6, 6.07) is 4.46. The van der Waals surface area contributed by atoms with Crippen LogP contribution in [-0.2, 0) is 49.8 Å². The van der Waals surface area contributed by atoms with E-state index in [9.17, 15) is 20.1 Å². The van der Waals surface area contributed by atoms with Crippen LogP contribution in [0.25, 0.3) is 5.83 Å². The average molecular weight is 964 g/mol. The van der Waals surface area contributed by atoms with Gasteiger partial charge in [-0.3, -0.25) is 10.1 Å². The molecule has 1 aromatic carbocycles. The van der Waals surface area contributed by atoms with Crippen LogP contribution in [0.1, 0.15) is 175 Å². The van der Waals surface area contributed by atoms with E-state index in [-0.39, 0.29) is 51.8 Å². The van der Waals surface area contributed by atoms with Gasteiger partial charge in [0.05, 0.1) is 54.2 Å². The topological polar surface area (TPSA) is 162 Å². The number of amidine groups is 1. The van der Waals surface area contributed by atoms with Crippen molar-refractivity contribution in [2.75, 3.05) is 31.6 Å². The first-order valence-electron chi connectivity index (χ1n) is 25.4. The number of benzene rings is 1. The number of fused-ring (bicyclic) bond motifs is 6. The molecular formula is C54H70FN7O6S. The zero-order valence-corrected chi connectivity index (χ0v) is 42.6. The number of allylic oxidation sites excluding steroid dienone is 1. The number of likely N-dealkylation sites (tertiary alicyclic amines) is 1. The molecule has 4 fully saturated rings. The molecule has 370 valence electrons. The summed E-state index contributed by atoms with van der Waals surface area (Å²) in [6.07, 6.45) is 13.3. The Labute approximate surface area is 411 Å². The van der Waals surface area contributed by atoms with Gasteiger partial charge in [-0.15, -0.1) is 11.3 Å². The molecule has 1 aromatic heterocycles. The minimum atomic E-state index is -0.771. The Hall–Kier alpha value is -4.96. The van der Waals surface area contributed by atoms with Crippen molar-refractivity contribution >= 4 is 40.1 Å². The fourth-order valence-electron chi connectivity index (χ4n) is 12.0. The predicted octanol–water partition coefficient (Wildman–Crippen LogP) is 10.7. The van der Waals surface area contributed by atoms with Gasteiger partial charge in [0.25, 0.3) is 0 Å². The highest BCUT2D eigenvalue weighted by molar-refractivity contribution is 7.17. The van der Waals surface area contributed by atoms with Gasteiger partial charge in [-0.2, -0.15) is 15.5 Å². The maximum atomic E-state index is 16.0. The van der Waals surface area contributed by atoms with Crippen molar-refractivity contribution in [2.24, 2.45) is 28.2 Å². The molecule has 0 radical (unpaired) electrons. The van der Waals surface area contributed by atoms with Crippen LogP contribution in [0.5, 0.6) is 0 Å². The summed E-state index contributed by atoms with van der Waals surface area (Å²) in [6.45, 7) is 19.4. The Kier molecular flexibility index (Phi) is 13.7. The van der Waals surface area contributed by atoms with Gasteiger partial charge in [0.2, 0.25) is 5.88 Å². The van der Waals surface area contributed by atoms with Crippen molar-refractivity contribution < 1.29 is 32.9 Å². The van der Waals surface area contributed by atoms with Crippen LogP contribution in [0.4, 0.5) is 14.2 Å². The molecular weight excluding hydrogens is 894 g/mol. The van der Waals surface area contributed by atoms with E-state index in [0.717, 1.165) is 135 Å². The number of anilines is 1. The zero-order chi connectivity index (χ0) is 49.0. The summed E-state index contributed by atoms with van der Waals surface area (Å²) in [7, 11) is 0. The largest absolute Gasteiger partial charge is 0.477 e. The summed E-state index contributed by atoms with van der Waals surface area (Å²) < 4.78 is 41.0. The maximum Gasteiger partial charge on any atom is 0.412 e. The first-order valence-corrected chi connectivity index (χ1v) is 26.2. The highest BCUT2D eigenvalue weighted by Gasteiger charge is 2.48. The Balaban J connectivity index is 1.15. The Morgan fingerprint density at radius 3 is 2.45 bits per heavy atom. The molecule has 7 heterocycles. The lowest BCUT2D eigenvalue weighted by Gasteiger charge is -2.40. The third kappa shape index (κ3) is 10.2. The molecule has 2 aromatic rings. The van der Waals surface area contributed by atoms with Crippen LogP contribution in [-0.4, -0.2) is 77.2 Å². The van der Waals surface area contributed by atoms with Crippen molar-refractivity contribution in [3.63, 3.8) is 0 Å². The quantitative estimate of drug-likeness (QED) is 0.230. The minimum Gasteiger partial charge on any atom is -0.477 e. The SMILES string of the molecule is CCc1c2c(c3c(c1C1NC=C(F)c4sc(NC(=O)OC(C)(C)C)c(C#N)c41)COC3)/C(N1C3CCC(C(=O)OC(C)(C)C)C(C)CC1CC3)=N\C(OCC1(CN3CC[C@H](C#N)C3)CC1)=C\CCC2. The molecule has 0 spiro atoms. The standard InChI is InChI=1S/C54H70FN7O6S/c1-9-35-37-12-10-11-13-42(66-30-54(19-20-54)29-61-21-18-32(23-56)26-61)59-48(62-33-14-15-34(62)22-31(2)36(17-16-33)50(63)67-52(3,4)5)44(37)40-28-65-27-39(40)43(35)46-45-38(24-57)49(60-51(64)68-53(6,7)8)69-47(45)41(55)25-58-46/h13,25,31-34,36,46,58H,9-12,14-22,26-30H2,1-8H3,(H,60,64)/b42-13-,59-48+/t31?,32-,33?,34?,36?,46?/m1/s1. The summed E-state index contributed by atoms with van der Waals surface area (Å²) in [5.41, 5.74) is 5.84. The number of nitrogens with zero attached hydrogens (tertiary/aromatic N) is 5. The lowest BCUT2D eigenvalue weighted by molar-refractivity contribution is -0.162. The van der Waals surface area contributed by atoms with Crippen molar-refractivity contribution in [1.82, 2.24) is 15.1 Å². The van der Waals surface area contributed by atoms with Gasteiger partial charge in [0.1, 0.15) is 28.1 Å². The van der Waals surface area contributed by atoms with Crippen LogP contribution in [0.2, 0.25) is 0 Å². The molecule has 1 aliphatic carbocycles. The number of nitriles is 2. The van der Waals surface area contributed by atoms with E-state index in [0.29, 0.717) is 42.6 Å². The van der Waals surface area contributed by atoms with Crippen molar-refractivity contribution in [2.45, 2.75) is 175 Å². The number of ether oxygens (including phenoxy) is 4. The second kappa shape index (κ2) is 19.3. The second-order valence-electron chi connectivity index (χ2n) is 22.7. The van der Waals surface area contributed by atoms with Gasteiger partial charge >= 0.3 is 12.1 Å². The summed E-state index contributed by atoms with van der Waals surface area (Å²) >= 11 is 1.05. The highest BCUT2D eigenvalue weighted by Crippen LogP contribution is 2.51. The van der Waals surface area contributed by atoms with E-state index in [1.54, 1.807) is 20.8 Å². The zero-order valence-electron chi connectivity index (χ0n) is 41.8. The van der Waals surface area contributed by atoms with E-state index < -0.39 is 29.2 Å². The molecule has 6 atom stereocenters. The molecule has 5 unspecified atom stereocenters. The minimum absolute atomic E-state index is 0.0359.